The maximum atomic E-state index is 12.6. The SMILES string of the molecule is CC(C)(NC(=O)O)C(=O)N1CCN(C(=O)Nc2ccn(-c3cccc(CC=O)c3)c(=O)n2)CC1. The highest BCUT2D eigenvalue weighted by atomic mass is 16.4. The van der Waals surface area contributed by atoms with E-state index < -0.39 is 23.4 Å². The highest BCUT2D eigenvalue weighted by Crippen LogP contribution is 2.13. The Kier molecular flexibility index (Phi) is 7.29. The van der Waals surface area contributed by atoms with E-state index in [1.54, 1.807) is 24.3 Å². The highest BCUT2D eigenvalue weighted by molar-refractivity contribution is 5.90. The second kappa shape index (κ2) is 10.1. The number of amides is 4. The zero-order valence-electron chi connectivity index (χ0n) is 18.9. The molecule has 0 aliphatic carbocycles. The molecule has 1 aliphatic rings. The number of carbonyl (C=O) groups excluding carboxylic acids is 3. The van der Waals surface area contributed by atoms with E-state index >= 15 is 0 Å². The number of rotatable bonds is 6. The summed E-state index contributed by atoms with van der Waals surface area (Å²) in [5.74, 6) is -0.293. The van der Waals surface area contributed by atoms with Gasteiger partial charge in [-0.1, -0.05) is 12.1 Å². The van der Waals surface area contributed by atoms with Crippen LogP contribution in [-0.4, -0.2) is 80.5 Å². The van der Waals surface area contributed by atoms with Crippen molar-refractivity contribution in [2.45, 2.75) is 25.8 Å². The first-order chi connectivity index (χ1) is 16.1. The first-order valence-electron chi connectivity index (χ1n) is 10.6. The van der Waals surface area contributed by atoms with Gasteiger partial charge in [-0.05, 0) is 37.6 Å². The van der Waals surface area contributed by atoms with Gasteiger partial charge in [0.15, 0.2) is 0 Å². The molecule has 2 aromatic rings. The Labute approximate surface area is 195 Å². The van der Waals surface area contributed by atoms with E-state index in [9.17, 15) is 24.0 Å². The minimum atomic E-state index is -1.29. The van der Waals surface area contributed by atoms with Gasteiger partial charge in [-0.2, -0.15) is 4.98 Å². The summed E-state index contributed by atoms with van der Waals surface area (Å²) in [5, 5.41) is 13.7. The highest BCUT2D eigenvalue weighted by Gasteiger charge is 2.35. The molecule has 1 aliphatic heterocycles. The molecule has 0 saturated carbocycles. The Morgan fingerprint density at radius 2 is 1.79 bits per heavy atom. The van der Waals surface area contributed by atoms with Crippen LogP contribution in [0.15, 0.2) is 41.3 Å². The molecule has 12 nitrogen and oxygen atoms in total. The predicted octanol–water partition coefficient (Wildman–Crippen LogP) is 0.696. The first-order valence-corrected chi connectivity index (χ1v) is 10.6. The monoisotopic (exact) mass is 470 g/mol. The largest absolute Gasteiger partial charge is 0.465 e. The summed E-state index contributed by atoms with van der Waals surface area (Å²) < 4.78 is 1.31. The molecule has 1 saturated heterocycles. The van der Waals surface area contributed by atoms with Gasteiger partial charge in [0.25, 0.3) is 0 Å². The molecule has 0 bridgehead atoms. The molecule has 0 unspecified atom stereocenters. The smallest absolute Gasteiger partial charge is 0.405 e. The molecule has 12 heteroatoms. The second-order valence-electron chi connectivity index (χ2n) is 8.27. The molecular weight excluding hydrogens is 444 g/mol. The van der Waals surface area contributed by atoms with Gasteiger partial charge in [0.05, 0.1) is 5.69 Å². The van der Waals surface area contributed by atoms with Crippen LogP contribution in [0.5, 0.6) is 0 Å². The van der Waals surface area contributed by atoms with E-state index in [1.165, 1.54) is 40.5 Å². The minimum Gasteiger partial charge on any atom is -0.465 e. The fraction of sp³-hybridized carbons (Fsp3) is 0.364. The molecule has 34 heavy (non-hydrogen) atoms. The number of hydrogen-bond acceptors (Lipinski definition) is 6. The van der Waals surface area contributed by atoms with Crippen LogP contribution in [-0.2, 0) is 16.0 Å². The van der Waals surface area contributed by atoms with Crippen LogP contribution in [0.4, 0.5) is 15.4 Å². The fourth-order valence-corrected chi connectivity index (χ4v) is 3.62. The molecule has 3 rings (SSSR count). The van der Waals surface area contributed by atoms with E-state index in [4.69, 9.17) is 5.11 Å². The first kappa shape index (κ1) is 24.4. The number of aldehydes is 1. The number of carbonyl (C=O) groups is 4. The average Bonchev–Trinajstić information content (AvgIpc) is 2.78. The number of nitrogens with zero attached hydrogens (tertiary/aromatic N) is 4. The van der Waals surface area contributed by atoms with Gasteiger partial charge in [0.2, 0.25) is 5.91 Å². The number of benzene rings is 1. The zero-order valence-corrected chi connectivity index (χ0v) is 18.9. The summed E-state index contributed by atoms with van der Waals surface area (Å²) in [6.07, 6.45) is 1.21. The van der Waals surface area contributed by atoms with Crippen LogP contribution in [0.25, 0.3) is 5.69 Å². The fourth-order valence-electron chi connectivity index (χ4n) is 3.62. The van der Waals surface area contributed by atoms with Gasteiger partial charge in [0.1, 0.15) is 17.6 Å². The van der Waals surface area contributed by atoms with E-state index in [0.29, 0.717) is 5.69 Å². The molecule has 0 atom stereocenters. The summed E-state index contributed by atoms with van der Waals surface area (Å²) in [6.45, 7) is 3.92. The quantitative estimate of drug-likeness (QED) is 0.525. The lowest BCUT2D eigenvalue weighted by molar-refractivity contribution is -0.138. The molecule has 2 heterocycles. The summed E-state index contributed by atoms with van der Waals surface area (Å²) in [7, 11) is 0. The van der Waals surface area contributed by atoms with Gasteiger partial charge in [0, 0.05) is 38.8 Å². The summed E-state index contributed by atoms with van der Waals surface area (Å²) in [6, 6.07) is 7.97. The van der Waals surface area contributed by atoms with Gasteiger partial charge in [-0.3, -0.25) is 14.7 Å². The van der Waals surface area contributed by atoms with Crippen molar-refractivity contribution in [3.05, 3.63) is 52.6 Å². The maximum Gasteiger partial charge on any atom is 0.405 e. The van der Waals surface area contributed by atoms with Crippen LogP contribution in [0.1, 0.15) is 19.4 Å². The number of carboxylic acid groups (broad SMARTS) is 1. The Bertz CT molecular complexity index is 1150. The minimum absolute atomic E-state index is 0.0839. The van der Waals surface area contributed by atoms with Crippen molar-refractivity contribution >= 4 is 30.1 Å². The molecule has 1 aromatic carbocycles. The van der Waals surface area contributed by atoms with Crippen molar-refractivity contribution < 1.29 is 24.3 Å². The standard InChI is InChI=1S/C22H26N6O6/c1-22(2,25-21(33)34)18(30)26-9-11-27(12-10-26)19(31)23-17-6-8-28(20(32)24-17)16-5-3-4-15(14-16)7-13-29/h3-6,8,13-14,25H,7,9-12H2,1-2H3,(H,33,34)(H,23,24,31,32). The van der Waals surface area contributed by atoms with E-state index in [0.717, 1.165) is 11.8 Å². The molecule has 1 aromatic heterocycles. The molecule has 1 fully saturated rings. The van der Waals surface area contributed by atoms with Gasteiger partial charge in [-0.15, -0.1) is 0 Å². The number of hydrogen-bond donors (Lipinski definition) is 3. The van der Waals surface area contributed by atoms with Gasteiger partial charge < -0.3 is 25.0 Å². The van der Waals surface area contributed by atoms with E-state index in [-0.39, 0.29) is 44.3 Å². The van der Waals surface area contributed by atoms with Crippen molar-refractivity contribution in [3.8, 4) is 5.69 Å². The van der Waals surface area contributed by atoms with Crippen LogP contribution in [0.3, 0.4) is 0 Å². The molecule has 4 amide bonds. The Hall–Kier alpha value is -4.22. The van der Waals surface area contributed by atoms with Gasteiger partial charge in [-0.25, -0.2) is 14.4 Å². The molecule has 180 valence electrons. The van der Waals surface area contributed by atoms with Crippen LogP contribution < -0.4 is 16.3 Å². The third kappa shape index (κ3) is 5.77. The number of anilines is 1. The van der Waals surface area contributed by atoms with Crippen molar-refractivity contribution in [1.82, 2.24) is 24.7 Å². The number of urea groups is 1. The third-order valence-electron chi connectivity index (χ3n) is 5.35. The van der Waals surface area contributed by atoms with Crippen LogP contribution in [0.2, 0.25) is 0 Å². The lowest BCUT2D eigenvalue weighted by Gasteiger charge is -2.38. The third-order valence-corrected chi connectivity index (χ3v) is 5.35. The van der Waals surface area contributed by atoms with Crippen molar-refractivity contribution in [3.63, 3.8) is 0 Å². The lowest BCUT2D eigenvalue weighted by atomic mass is 10.0. The maximum absolute atomic E-state index is 12.6. The topological polar surface area (TPSA) is 154 Å². The van der Waals surface area contributed by atoms with Crippen molar-refractivity contribution in [2.75, 3.05) is 31.5 Å². The molecular formula is C22H26N6O6. The molecule has 3 N–H and O–H groups in total. The summed E-state index contributed by atoms with van der Waals surface area (Å²) >= 11 is 0. The Morgan fingerprint density at radius 1 is 1.12 bits per heavy atom. The zero-order chi connectivity index (χ0) is 24.9. The normalized spacial score (nSPS) is 13.8. The van der Waals surface area contributed by atoms with Crippen LogP contribution >= 0.6 is 0 Å². The number of piperazine rings is 1. The number of nitrogens with one attached hydrogen (secondary N) is 2. The summed E-state index contributed by atoms with van der Waals surface area (Å²) in [4.78, 5) is 66.2. The lowest BCUT2D eigenvalue weighted by Crippen LogP contribution is -2.60. The Morgan fingerprint density at radius 3 is 2.41 bits per heavy atom. The van der Waals surface area contributed by atoms with E-state index in [2.05, 4.69) is 15.6 Å². The predicted molar refractivity (Wildman–Crippen MR) is 122 cm³/mol. The average molecular weight is 470 g/mol. The molecule has 0 spiro atoms. The van der Waals surface area contributed by atoms with Gasteiger partial charge >= 0.3 is 17.8 Å². The summed E-state index contributed by atoms with van der Waals surface area (Å²) in [5.41, 5.74) is -0.561. The number of aromatic nitrogens is 2. The second-order valence-corrected chi connectivity index (χ2v) is 8.27. The molecule has 0 radical (unpaired) electrons. The van der Waals surface area contributed by atoms with Crippen LogP contribution in [0, 0.1) is 0 Å². The van der Waals surface area contributed by atoms with Crippen molar-refractivity contribution in [1.29, 1.82) is 0 Å². The van der Waals surface area contributed by atoms with Crippen molar-refractivity contribution in [2.24, 2.45) is 0 Å². The van der Waals surface area contributed by atoms with E-state index in [1.807, 2.05) is 0 Å². The Balaban J connectivity index is 1.60.